The maximum atomic E-state index is 12.0. The van der Waals surface area contributed by atoms with Crippen LogP contribution in [0.1, 0.15) is 18.7 Å². The van der Waals surface area contributed by atoms with Crippen LogP contribution in [0.4, 0.5) is 0 Å². The standard InChI is InChI=1S/C13H14BrClN4O/c14-8-5-10-13(16-6-8)19(11(18-10)3-4-15)7-12(20)17-9-1-2-9/h5-6,9H,1-4,7H2,(H,17,20). The molecule has 2 aromatic rings. The van der Waals surface area contributed by atoms with Crippen molar-refractivity contribution in [1.29, 1.82) is 0 Å². The fourth-order valence-corrected chi connectivity index (χ4v) is 2.61. The number of fused-ring (bicyclic) bond motifs is 1. The zero-order chi connectivity index (χ0) is 14.1. The molecule has 0 unspecified atom stereocenters. The number of hydrogen-bond donors (Lipinski definition) is 1. The first-order valence-electron chi connectivity index (χ1n) is 6.53. The zero-order valence-electron chi connectivity index (χ0n) is 10.8. The lowest BCUT2D eigenvalue weighted by Crippen LogP contribution is -2.30. The van der Waals surface area contributed by atoms with Crippen molar-refractivity contribution in [2.45, 2.75) is 31.8 Å². The number of alkyl halides is 1. The molecule has 0 saturated heterocycles. The van der Waals surface area contributed by atoms with Crippen molar-refractivity contribution in [2.24, 2.45) is 0 Å². The second-order valence-corrected chi connectivity index (χ2v) is 6.18. The summed E-state index contributed by atoms with van der Waals surface area (Å²) in [5.74, 6) is 1.27. The van der Waals surface area contributed by atoms with Crippen LogP contribution in [-0.4, -0.2) is 32.4 Å². The number of aryl methyl sites for hydroxylation is 1. The molecule has 0 bridgehead atoms. The van der Waals surface area contributed by atoms with Crippen molar-refractivity contribution < 1.29 is 4.79 Å². The molecule has 0 atom stereocenters. The van der Waals surface area contributed by atoms with Crippen LogP contribution in [0.3, 0.4) is 0 Å². The second kappa shape index (κ2) is 5.69. The lowest BCUT2D eigenvalue weighted by Gasteiger charge is -2.08. The van der Waals surface area contributed by atoms with Crippen LogP contribution in [0.15, 0.2) is 16.7 Å². The zero-order valence-corrected chi connectivity index (χ0v) is 13.1. The number of rotatable bonds is 5. The minimum atomic E-state index is 0.00680. The van der Waals surface area contributed by atoms with Gasteiger partial charge in [-0.3, -0.25) is 4.79 Å². The van der Waals surface area contributed by atoms with Gasteiger partial charge in [0, 0.05) is 29.0 Å². The molecule has 3 rings (SSSR count). The summed E-state index contributed by atoms with van der Waals surface area (Å²) in [6, 6.07) is 2.26. The van der Waals surface area contributed by atoms with Crippen LogP contribution in [0, 0.1) is 0 Å². The SMILES string of the molecule is O=C(Cn1c(CCCl)nc2cc(Br)cnc21)NC1CC1. The summed E-state index contributed by atoms with van der Waals surface area (Å²) in [7, 11) is 0. The minimum Gasteiger partial charge on any atom is -0.352 e. The van der Waals surface area contributed by atoms with Gasteiger partial charge in [-0.2, -0.15) is 0 Å². The Morgan fingerprint density at radius 2 is 2.35 bits per heavy atom. The number of nitrogens with zero attached hydrogens (tertiary/aromatic N) is 3. The number of carbonyl (C=O) groups is 1. The van der Waals surface area contributed by atoms with Crippen molar-refractivity contribution >= 4 is 44.6 Å². The van der Waals surface area contributed by atoms with Crippen molar-refractivity contribution in [3.05, 3.63) is 22.6 Å². The fraction of sp³-hybridized carbons (Fsp3) is 0.462. The van der Waals surface area contributed by atoms with Gasteiger partial charge in [0.15, 0.2) is 5.65 Å². The summed E-state index contributed by atoms with van der Waals surface area (Å²) in [5.41, 5.74) is 1.50. The van der Waals surface area contributed by atoms with Gasteiger partial charge in [0.2, 0.25) is 5.91 Å². The van der Waals surface area contributed by atoms with Crippen molar-refractivity contribution in [2.75, 3.05) is 5.88 Å². The monoisotopic (exact) mass is 356 g/mol. The van der Waals surface area contributed by atoms with E-state index in [0.717, 1.165) is 34.3 Å². The lowest BCUT2D eigenvalue weighted by atomic mass is 10.4. The second-order valence-electron chi connectivity index (χ2n) is 4.89. The molecule has 1 N–H and O–H groups in total. The molecule has 2 heterocycles. The minimum absolute atomic E-state index is 0.00680. The molecule has 0 radical (unpaired) electrons. The fourth-order valence-electron chi connectivity index (χ4n) is 2.12. The molecular formula is C13H14BrClN4O. The number of imidazole rings is 1. The first-order valence-corrected chi connectivity index (χ1v) is 7.86. The molecule has 0 spiro atoms. The normalized spacial score (nSPS) is 14.7. The number of pyridine rings is 1. The average Bonchev–Trinajstić information content (AvgIpc) is 3.14. The van der Waals surface area contributed by atoms with Crippen LogP contribution in [-0.2, 0) is 17.8 Å². The number of halogens is 2. The number of nitrogens with one attached hydrogen (secondary N) is 1. The Balaban J connectivity index is 1.92. The van der Waals surface area contributed by atoms with Crippen LogP contribution in [0.2, 0.25) is 0 Å². The molecular weight excluding hydrogens is 344 g/mol. The Bertz CT molecular complexity index is 653. The van der Waals surface area contributed by atoms with Crippen molar-refractivity contribution in [3.63, 3.8) is 0 Å². The smallest absolute Gasteiger partial charge is 0.240 e. The highest BCUT2D eigenvalue weighted by Gasteiger charge is 2.24. The Morgan fingerprint density at radius 1 is 1.55 bits per heavy atom. The van der Waals surface area contributed by atoms with Crippen LogP contribution < -0.4 is 5.32 Å². The Morgan fingerprint density at radius 3 is 3.05 bits per heavy atom. The molecule has 1 aliphatic carbocycles. The van der Waals surface area contributed by atoms with Gasteiger partial charge >= 0.3 is 0 Å². The van der Waals surface area contributed by atoms with E-state index in [0.29, 0.717) is 18.3 Å². The van der Waals surface area contributed by atoms with E-state index >= 15 is 0 Å². The van der Waals surface area contributed by atoms with Crippen molar-refractivity contribution in [1.82, 2.24) is 19.9 Å². The molecule has 2 aromatic heterocycles. The van der Waals surface area contributed by atoms with Crippen LogP contribution in [0.25, 0.3) is 11.2 Å². The van der Waals surface area contributed by atoms with Gasteiger partial charge in [-0.1, -0.05) is 0 Å². The molecule has 7 heteroatoms. The molecule has 1 aliphatic rings. The molecule has 1 saturated carbocycles. The predicted molar refractivity (Wildman–Crippen MR) is 80.8 cm³/mol. The van der Waals surface area contributed by atoms with Gasteiger partial charge in [0.1, 0.15) is 17.9 Å². The van der Waals surface area contributed by atoms with E-state index in [-0.39, 0.29) is 12.5 Å². The molecule has 20 heavy (non-hydrogen) atoms. The summed E-state index contributed by atoms with van der Waals surface area (Å²) in [6.07, 6.45) is 4.49. The van der Waals surface area contributed by atoms with E-state index in [1.807, 2.05) is 10.6 Å². The predicted octanol–water partition coefficient (Wildman–Crippen LogP) is 2.25. The maximum absolute atomic E-state index is 12.0. The third-order valence-electron chi connectivity index (χ3n) is 3.19. The van der Waals surface area contributed by atoms with Gasteiger partial charge < -0.3 is 9.88 Å². The number of amides is 1. The van der Waals surface area contributed by atoms with E-state index in [9.17, 15) is 4.79 Å². The third-order valence-corrected chi connectivity index (χ3v) is 3.82. The highest BCUT2D eigenvalue weighted by Crippen LogP contribution is 2.21. The molecule has 5 nitrogen and oxygen atoms in total. The first kappa shape index (κ1) is 13.8. The maximum Gasteiger partial charge on any atom is 0.240 e. The van der Waals surface area contributed by atoms with Gasteiger partial charge in [-0.15, -0.1) is 11.6 Å². The Hall–Kier alpha value is -1.14. The Kier molecular flexibility index (Phi) is 3.94. The quantitative estimate of drug-likeness (QED) is 0.835. The topological polar surface area (TPSA) is 59.8 Å². The Labute approximate surface area is 129 Å². The van der Waals surface area contributed by atoms with E-state index in [4.69, 9.17) is 11.6 Å². The van der Waals surface area contributed by atoms with E-state index < -0.39 is 0 Å². The summed E-state index contributed by atoms with van der Waals surface area (Å²) in [4.78, 5) is 20.9. The lowest BCUT2D eigenvalue weighted by molar-refractivity contribution is -0.121. The molecule has 106 valence electrons. The summed E-state index contributed by atoms with van der Waals surface area (Å²) in [6.45, 7) is 0.244. The van der Waals surface area contributed by atoms with E-state index in [2.05, 4.69) is 31.2 Å². The van der Waals surface area contributed by atoms with Gasteiger partial charge in [0.25, 0.3) is 0 Å². The number of hydrogen-bond acceptors (Lipinski definition) is 3. The molecule has 1 amide bonds. The largest absolute Gasteiger partial charge is 0.352 e. The summed E-state index contributed by atoms with van der Waals surface area (Å²) in [5, 5.41) is 2.98. The van der Waals surface area contributed by atoms with Crippen molar-refractivity contribution in [3.8, 4) is 0 Å². The summed E-state index contributed by atoms with van der Waals surface area (Å²) < 4.78 is 2.72. The first-order chi connectivity index (χ1) is 9.67. The number of aromatic nitrogens is 3. The highest BCUT2D eigenvalue weighted by atomic mass is 79.9. The summed E-state index contributed by atoms with van der Waals surface area (Å²) >= 11 is 9.19. The van der Waals surface area contributed by atoms with Gasteiger partial charge in [-0.05, 0) is 34.8 Å². The highest BCUT2D eigenvalue weighted by molar-refractivity contribution is 9.10. The molecule has 0 aromatic carbocycles. The molecule has 0 aliphatic heterocycles. The molecule has 1 fully saturated rings. The van der Waals surface area contributed by atoms with E-state index in [1.165, 1.54) is 0 Å². The average molecular weight is 358 g/mol. The van der Waals surface area contributed by atoms with Crippen LogP contribution in [0.5, 0.6) is 0 Å². The van der Waals surface area contributed by atoms with Crippen LogP contribution >= 0.6 is 27.5 Å². The number of carbonyl (C=O) groups excluding carboxylic acids is 1. The third kappa shape index (κ3) is 2.96. The van der Waals surface area contributed by atoms with E-state index in [1.54, 1.807) is 6.20 Å². The van der Waals surface area contributed by atoms with Gasteiger partial charge in [-0.25, -0.2) is 9.97 Å². The van der Waals surface area contributed by atoms with Gasteiger partial charge in [0.05, 0.1) is 0 Å².